The van der Waals surface area contributed by atoms with Gasteiger partial charge in [0.05, 0.1) is 34.8 Å². The Morgan fingerprint density at radius 2 is 1.79 bits per heavy atom. The number of benzene rings is 3. The van der Waals surface area contributed by atoms with E-state index in [0.29, 0.717) is 10.8 Å². The van der Waals surface area contributed by atoms with E-state index in [9.17, 15) is 31.5 Å². The first-order valence-electron chi connectivity index (χ1n) is 14.7. The highest BCUT2D eigenvalue weighted by Gasteiger charge is 2.38. The van der Waals surface area contributed by atoms with Crippen molar-refractivity contribution >= 4 is 17.7 Å². The Bertz CT molecular complexity index is 1830. The molecule has 0 bridgehead atoms. The van der Waals surface area contributed by atoms with Crippen LogP contribution in [0, 0.1) is 12.7 Å². The second kappa shape index (κ2) is 14.9. The van der Waals surface area contributed by atoms with Crippen LogP contribution in [-0.2, 0) is 22.1 Å². The molecule has 0 radical (unpaired) electrons. The van der Waals surface area contributed by atoms with E-state index in [1.165, 1.54) is 40.6 Å². The number of ether oxygens (including phenoxy) is 2. The molecule has 2 N–H and O–H groups in total. The van der Waals surface area contributed by atoms with E-state index in [-0.39, 0.29) is 41.2 Å². The number of aromatic nitrogens is 1. The third kappa shape index (κ3) is 7.71. The fraction of sp³-hybridized carbons (Fsp3) is 0.294. The van der Waals surface area contributed by atoms with Crippen molar-refractivity contribution in [3.63, 3.8) is 0 Å². The van der Waals surface area contributed by atoms with E-state index >= 15 is 4.39 Å². The average molecular weight is 693 g/mol. The monoisotopic (exact) mass is 692 g/mol. The summed E-state index contributed by atoms with van der Waals surface area (Å²) in [6.07, 6.45) is -5.36. The van der Waals surface area contributed by atoms with Gasteiger partial charge in [-0.05, 0) is 53.4 Å². The van der Waals surface area contributed by atoms with Crippen LogP contribution in [0.15, 0.2) is 82.6 Å². The van der Waals surface area contributed by atoms with Gasteiger partial charge in [0.1, 0.15) is 18.2 Å². The SMILES string of the molecule is Cc1c(Cc2c(F)cccc2C(F)(F)F)c2n(c(=O)c1-c1cccc(OC(F)F)c1)C(C(NCCOCC(=O)O)c1ccccc1)CS2. The van der Waals surface area contributed by atoms with Crippen molar-refractivity contribution < 1.29 is 45.7 Å². The van der Waals surface area contributed by atoms with Crippen LogP contribution in [0.1, 0.15) is 39.9 Å². The first kappa shape index (κ1) is 35.0. The van der Waals surface area contributed by atoms with Crippen molar-refractivity contribution in [2.45, 2.75) is 43.2 Å². The van der Waals surface area contributed by atoms with Crippen molar-refractivity contribution in [1.29, 1.82) is 0 Å². The molecule has 2 heterocycles. The maximum atomic E-state index is 15.2. The Balaban J connectivity index is 1.69. The van der Waals surface area contributed by atoms with Crippen LogP contribution in [-0.4, -0.2) is 47.8 Å². The summed E-state index contributed by atoms with van der Waals surface area (Å²) in [5, 5.41) is 12.6. The topological polar surface area (TPSA) is 89.8 Å². The molecule has 254 valence electrons. The number of carbonyl (C=O) groups is 1. The van der Waals surface area contributed by atoms with E-state index in [1.807, 2.05) is 12.1 Å². The van der Waals surface area contributed by atoms with Crippen molar-refractivity contribution in [1.82, 2.24) is 9.88 Å². The number of rotatable bonds is 13. The Morgan fingerprint density at radius 3 is 2.48 bits per heavy atom. The van der Waals surface area contributed by atoms with Gasteiger partial charge in [-0.25, -0.2) is 9.18 Å². The number of aliphatic carboxylic acids is 1. The number of halogens is 6. The quantitative estimate of drug-likeness (QED) is 0.113. The lowest BCUT2D eigenvalue weighted by molar-refractivity contribution is -0.142. The third-order valence-corrected chi connectivity index (χ3v) is 9.19. The molecule has 1 aliphatic heterocycles. The molecular formula is C34H30F6N2O5S. The summed E-state index contributed by atoms with van der Waals surface area (Å²) in [6.45, 7) is -1.87. The number of nitrogens with zero attached hydrogens (tertiary/aromatic N) is 1. The van der Waals surface area contributed by atoms with Gasteiger partial charge in [0.2, 0.25) is 0 Å². The summed E-state index contributed by atoms with van der Waals surface area (Å²) in [7, 11) is 0. The summed E-state index contributed by atoms with van der Waals surface area (Å²) < 4.78 is 94.8. The number of nitrogens with one attached hydrogen (secondary N) is 1. The highest BCUT2D eigenvalue weighted by atomic mass is 32.2. The first-order valence-corrected chi connectivity index (χ1v) is 15.7. The maximum absolute atomic E-state index is 15.2. The molecule has 14 heteroatoms. The van der Waals surface area contributed by atoms with Gasteiger partial charge >= 0.3 is 18.8 Å². The molecule has 0 aliphatic carbocycles. The van der Waals surface area contributed by atoms with Gasteiger partial charge in [-0.1, -0.05) is 48.5 Å². The Hall–Kier alpha value is -4.27. The molecule has 0 amide bonds. The van der Waals surface area contributed by atoms with Crippen molar-refractivity contribution in [3.8, 4) is 16.9 Å². The largest absolute Gasteiger partial charge is 0.480 e. The molecule has 2 unspecified atom stereocenters. The van der Waals surface area contributed by atoms with Gasteiger partial charge in [0, 0.05) is 24.3 Å². The number of thioether (sulfide) groups is 1. The molecule has 1 aliphatic rings. The van der Waals surface area contributed by atoms with Gasteiger partial charge in [-0.2, -0.15) is 22.0 Å². The van der Waals surface area contributed by atoms with Gasteiger partial charge < -0.3 is 19.9 Å². The van der Waals surface area contributed by atoms with Crippen molar-refractivity contribution in [2.24, 2.45) is 0 Å². The van der Waals surface area contributed by atoms with E-state index < -0.39 is 66.4 Å². The number of fused-ring (bicyclic) bond motifs is 1. The predicted octanol–water partition coefficient (Wildman–Crippen LogP) is 7.25. The molecule has 5 rings (SSSR count). The number of carboxylic acid groups (broad SMARTS) is 1. The molecule has 4 aromatic rings. The summed E-state index contributed by atoms with van der Waals surface area (Å²) in [5.74, 6) is -2.12. The Kier molecular flexibility index (Phi) is 10.9. The Morgan fingerprint density at radius 1 is 1.06 bits per heavy atom. The lowest BCUT2D eigenvalue weighted by Gasteiger charge is -2.28. The minimum Gasteiger partial charge on any atom is -0.480 e. The molecule has 1 aromatic heterocycles. The highest BCUT2D eigenvalue weighted by Crippen LogP contribution is 2.45. The number of alkyl halides is 5. The number of hydrogen-bond donors (Lipinski definition) is 2. The first-order chi connectivity index (χ1) is 22.9. The Labute approximate surface area is 275 Å². The minimum atomic E-state index is -4.86. The van der Waals surface area contributed by atoms with E-state index in [1.54, 1.807) is 25.1 Å². The molecule has 0 spiro atoms. The molecule has 48 heavy (non-hydrogen) atoms. The average Bonchev–Trinajstić information content (AvgIpc) is 3.46. The second-order valence-corrected chi connectivity index (χ2v) is 12.0. The van der Waals surface area contributed by atoms with Crippen LogP contribution in [0.2, 0.25) is 0 Å². The smallest absolute Gasteiger partial charge is 0.416 e. The fourth-order valence-electron chi connectivity index (χ4n) is 5.91. The third-order valence-electron chi connectivity index (χ3n) is 7.97. The van der Waals surface area contributed by atoms with Gasteiger partial charge in [-0.15, -0.1) is 11.8 Å². The van der Waals surface area contributed by atoms with Crippen molar-refractivity contribution in [2.75, 3.05) is 25.5 Å². The zero-order valence-electron chi connectivity index (χ0n) is 25.4. The van der Waals surface area contributed by atoms with Crippen LogP contribution in [0.3, 0.4) is 0 Å². The fourth-order valence-corrected chi connectivity index (χ4v) is 7.34. The predicted molar refractivity (Wildman–Crippen MR) is 167 cm³/mol. The highest BCUT2D eigenvalue weighted by molar-refractivity contribution is 7.99. The van der Waals surface area contributed by atoms with Gasteiger partial charge in [-0.3, -0.25) is 9.36 Å². The standard InChI is InChI=1S/C34H30F6N2O5S/c1-19-23(16-24-25(34(38,39)40)11-6-12-26(24)35)32-42(31(45)29(19)21-9-5-10-22(15-21)47-33(36)37)27(18-48-32)30(20-7-3-2-4-8-20)41-13-14-46-17-28(43)44/h2-12,15,27,30,33,41H,13-14,16-18H2,1H3,(H,43,44). The second-order valence-electron chi connectivity index (χ2n) is 11.0. The summed E-state index contributed by atoms with van der Waals surface area (Å²) in [6, 6.07) is 16.1. The number of hydrogen-bond acceptors (Lipinski definition) is 6. The van der Waals surface area contributed by atoms with Gasteiger partial charge in [0.15, 0.2) is 0 Å². The van der Waals surface area contributed by atoms with Crippen LogP contribution < -0.4 is 15.6 Å². The molecule has 0 saturated carbocycles. The zero-order chi connectivity index (χ0) is 34.6. The maximum Gasteiger partial charge on any atom is 0.416 e. The molecular weight excluding hydrogens is 662 g/mol. The molecule has 0 fully saturated rings. The van der Waals surface area contributed by atoms with E-state index in [4.69, 9.17) is 9.84 Å². The van der Waals surface area contributed by atoms with Crippen LogP contribution in [0.5, 0.6) is 5.75 Å². The lowest BCUT2D eigenvalue weighted by Crippen LogP contribution is -2.37. The molecule has 3 aromatic carbocycles. The number of pyridine rings is 1. The zero-order valence-corrected chi connectivity index (χ0v) is 26.2. The minimum absolute atomic E-state index is 0.0338. The molecule has 2 atom stereocenters. The summed E-state index contributed by atoms with van der Waals surface area (Å²) in [5.41, 5.74) is -0.699. The normalized spacial score (nSPS) is 15.0. The van der Waals surface area contributed by atoms with Gasteiger partial charge in [0.25, 0.3) is 5.56 Å². The lowest BCUT2D eigenvalue weighted by atomic mass is 9.92. The van der Waals surface area contributed by atoms with Crippen LogP contribution >= 0.6 is 11.8 Å². The molecule has 7 nitrogen and oxygen atoms in total. The van der Waals surface area contributed by atoms with Crippen molar-refractivity contribution in [3.05, 3.63) is 117 Å². The van der Waals surface area contributed by atoms with Crippen LogP contribution in [0.25, 0.3) is 11.1 Å². The summed E-state index contributed by atoms with van der Waals surface area (Å²) in [4.78, 5) is 25.4. The van der Waals surface area contributed by atoms with E-state index in [0.717, 1.165) is 23.8 Å². The summed E-state index contributed by atoms with van der Waals surface area (Å²) >= 11 is 1.24. The number of carboxylic acids is 1. The molecule has 0 saturated heterocycles. The van der Waals surface area contributed by atoms with Crippen LogP contribution in [0.4, 0.5) is 26.3 Å². The van der Waals surface area contributed by atoms with E-state index in [2.05, 4.69) is 10.1 Å².